The largest absolute Gasteiger partial charge is 0.197 e. The van der Waals surface area contributed by atoms with Crippen molar-refractivity contribution in [3.63, 3.8) is 0 Å². The van der Waals surface area contributed by atoms with Gasteiger partial charge in [0, 0.05) is 4.47 Å². The van der Waals surface area contributed by atoms with Crippen molar-refractivity contribution in [3.05, 3.63) is 33.8 Å². The molecule has 66 valence electrons. The molecule has 0 unspecified atom stereocenters. The van der Waals surface area contributed by atoms with Crippen molar-refractivity contribution < 1.29 is 0 Å². The predicted octanol–water partition coefficient (Wildman–Crippen LogP) is 3.31. The van der Waals surface area contributed by atoms with Crippen LogP contribution >= 0.6 is 15.9 Å². The molecule has 1 aromatic rings. The van der Waals surface area contributed by atoms with Crippen molar-refractivity contribution in [3.8, 4) is 6.07 Å². The number of rotatable bonds is 1. The highest BCUT2D eigenvalue weighted by molar-refractivity contribution is 9.10. The Balaban J connectivity index is 2.52. The van der Waals surface area contributed by atoms with Crippen molar-refractivity contribution in [1.82, 2.24) is 0 Å². The van der Waals surface area contributed by atoms with Gasteiger partial charge in [-0.3, -0.25) is 0 Å². The third kappa shape index (κ3) is 1.38. The zero-order chi connectivity index (χ0) is 9.47. The van der Waals surface area contributed by atoms with Crippen molar-refractivity contribution in [2.24, 2.45) is 0 Å². The van der Waals surface area contributed by atoms with E-state index in [4.69, 9.17) is 5.26 Å². The smallest absolute Gasteiger partial charge is 0.0834 e. The van der Waals surface area contributed by atoms with Crippen LogP contribution in [-0.2, 0) is 5.41 Å². The molecule has 0 aliphatic heterocycles. The first-order valence-corrected chi connectivity index (χ1v) is 5.15. The Hall–Kier alpha value is -0.810. The molecule has 1 fully saturated rings. The molecule has 1 nitrogen and oxygen atoms in total. The third-order valence-corrected chi connectivity index (χ3v) is 3.29. The van der Waals surface area contributed by atoms with Gasteiger partial charge in [-0.2, -0.15) is 5.26 Å². The van der Waals surface area contributed by atoms with Gasteiger partial charge < -0.3 is 0 Å². The van der Waals surface area contributed by atoms with Gasteiger partial charge in [-0.05, 0) is 31.4 Å². The average Bonchev–Trinajstić information content (AvgIpc) is 2.90. The summed E-state index contributed by atoms with van der Waals surface area (Å²) in [5.41, 5.74) is 2.21. The second-order valence-corrected chi connectivity index (χ2v) is 4.53. The summed E-state index contributed by atoms with van der Waals surface area (Å²) >= 11 is 3.50. The summed E-state index contributed by atoms with van der Waals surface area (Å²) in [5.74, 6) is 0. The molecule has 0 amide bonds. The van der Waals surface area contributed by atoms with E-state index in [2.05, 4.69) is 41.1 Å². The summed E-state index contributed by atoms with van der Waals surface area (Å²) in [6, 6.07) is 8.60. The molecule has 0 heterocycles. The van der Waals surface area contributed by atoms with Gasteiger partial charge >= 0.3 is 0 Å². The van der Waals surface area contributed by atoms with Gasteiger partial charge in [-0.1, -0.05) is 33.6 Å². The molecule has 13 heavy (non-hydrogen) atoms. The monoisotopic (exact) mass is 235 g/mol. The summed E-state index contributed by atoms with van der Waals surface area (Å²) < 4.78 is 1.07. The van der Waals surface area contributed by atoms with Gasteiger partial charge in [0.15, 0.2) is 0 Å². The topological polar surface area (TPSA) is 23.8 Å². The van der Waals surface area contributed by atoms with Crippen LogP contribution in [0.5, 0.6) is 0 Å². The number of nitriles is 1. The lowest BCUT2D eigenvalue weighted by Crippen LogP contribution is -2.03. The Morgan fingerprint density at radius 1 is 1.46 bits per heavy atom. The van der Waals surface area contributed by atoms with Crippen LogP contribution in [0.4, 0.5) is 0 Å². The molecule has 0 saturated heterocycles. The molecule has 1 aliphatic carbocycles. The first-order chi connectivity index (χ1) is 6.18. The van der Waals surface area contributed by atoms with Crippen LogP contribution in [-0.4, -0.2) is 0 Å². The van der Waals surface area contributed by atoms with E-state index in [9.17, 15) is 0 Å². The lowest BCUT2D eigenvalue weighted by molar-refractivity contribution is 0.899. The number of halogens is 1. The van der Waals surface area contributed by atoms with Gasteiger partial charge in [0.1, 0.15) is 0 Å². The Labute approximate surface area is 86.5 Å². The van der Waals surface area contributed by atoms with E-state index in [1.807, 2.05) is 6.07 Å². The molecule has 0 radical (unpaired) electrons. The minimum atomic E-state index is -0.176. The van der Waals surface area contributed by atoms with E-state index in [1.54, 1.807) is 0 Å². The molecule has 0 atom stereocenters. The standard InChI is InChI=1S/C11H10BrN/c1-8-2-3-10(12)9(6-8)11(7-13)4-5-11/h2-3,6H,4-5H2,1H3. The molecule has 1 aromatic carbocycles. The lowest BCUT2D eigenvalue weighted by atomic mass is 9.96. The highest BCUT2D eigenvalue weighted by atomic mass is 79.9. The van der Waals surface area contributed by atoms with Gasteiger partial charge in [0.05, 0.1) is 11.5 Å². The van der Waals surface area contributed by atoms with Gasteiger partial charge in [-0.25, -0.2) is 0 Å². The van der Waals surface area contributed by atoms with Crippen molar-refractivity contribution in [1.29, 1.82) is 5.26 Å². The molecule has 0 aromatic heterocycles. The third-order valence-electron chi connectivity index (χ3n) is 2.60. The van der Waals surface area contributed by atoms with Gasteiger partial charge in [-0.15, -0.1) is 0 Å². The highest BCUT2D eigenvalue weighted by Gasteiger charge is 2.46. The van der Waals surface area contributed by atoms with E-state index < -0.39 is 0 Å². The molecular formula is C11H10BrN. The van der Waals surface area contributed by atoms with Crippen LogP contribution in [0.15, 0.2) is 22.7 Å². The molecule has 1 aliphatic rings. The quantitative estimate of drug-likeness (QED) is 0.733. The lowest BCUT2D eigenvalue weighted by Gasteiger charge is -2.09. The summed E-state index contributed by atoms with van der Waals surface area (Å²) in [6.45, 7) is 2.06. The first-order valence-electron chi connectivity index (χ1n) is 4.36. The Kier molecular flexibility index (Phi) is 1.92. The van der Waals surface area contributed by atoms with Crippen LogP contribution in [0.2, 0.25) is 0 Å². The summed E-state index contributed by atoms with van der Waals surface area (Å²) in [7, 11) is 0. The molecule has 2 rings (SSSR count). The van der Waals surface area contributed by atoms with Crippen LogP contribution in [0.3, 0.4) is 0 Å². The van der Waals surface area contributed by atoms with Crippen LogP contribution in [0, 0.1) is 18.3 Å². The van der Waals surface area contributed by atoms with Crippen LogP contribution in [0.1, 0.15) is 24.0 Å². The second-order valence-electron chi connectivity index (χ2n) is 3.68. The van der Waals surface area contributed by atoms with Crippen LogP contribution < -0.4 is 0 Å². The zero-order valence-electron chi connectivity index (χ0n) is 7.47. The summed E-state index contributed by atoms with van der Waals surface area (Å²) in [4.78, 5) is 0. The minimum Gasteiger partial charge on any atom is -0.197 e. The van der Waals surface area contributed by atoms with E-state index >= 15 is 0 Å². The maximum atomic E-state index is 9.05. The zero-order valence-corrected chi connectivity index (χ0v) is 9.06. The first kappa shape index (κ1) is 8.77. The number of hydrogen-bond acceptors (Lipinski definition) is 1. The van der Waals surface area contributed by atoms with Gasteiger partial charge in [0.25, 0.3) is 0 Å². The molecular weight excluding hydrogens is 226 g/mol. The maximum absolute atomic E-state index is 9.05. The normalized spacial score (nSPS) is 17.9. The molecule has 0 N–H and O–H groups in total. The Morgan fingerprint density at radius 2 is 2.15 bits per heavy atom. The maximum Gasteiger partial charge on any atom is 0.0834 e. The number of nitrogens with zero attached hydrogens (tertiary/aromatic N) is 1. The fourth-order valence-corrected chi connectivity index (χ4v) is 2.20. The predicted molar refractivity (Wildman–Crippen MR) is 55.4 cm³/mol. The van der Waals surface area contributed by atoms with Gasteiger partial charge in [0.2, 0.25) is 0 Å². The second kappa shape index (κ2) is 2.85. The average molecular weight is 236 g/mol. The fourth-order valence-electron chi connectivity index (χ4n) is 1.57. The molecule has 2 heteroatoms. The van der Waals surface area contributed by atoms with E-state index in [-0.39, 0.29) is 5.41 Å². The Bertz CT molecular complexity index is 386. The molecule has 0 spiro atoms. The van der Waals surface area contributed by atoms with E-state index in [1.165, 1.54) is 5.56 Å². The number of aryl methyl sites for hydroxylation is 1. The number of hydrogen-bond donors (Lipinski definition) is 0. The van der Waals surface area contributed by atoms with E-state index in [0.29, 0.717) is 0 Å². The van der Waals surface area contributed by atoms with E-state index in [0.717, 1.165) is 22.9 Å². The van der Waals surface area contributed by atoms with Crippen molar-refractivity contribution in [2.45, 2.75) is 25.2 Å². The fraction of sp³-hybridized carbons (Fsp3) is 0.364. The van der Waals surface area contributed by atoms with Crippen molar-refractivity contribution in [2.75, 3.05) is 0 Å². The molecule has 0 bridgehead atoms. The number of benzene rings is 1. The highest BCUT2D eigenvalue weighted by Crippen LogP contribution is 2.49. The molecule has 1 saturated carbocycles. The van der Waals surface area contributed by atoms with Crippen molar-refractivity contribution >= 4 is 15.9 Å². The Morgan fingerprint density at radius 3 is 2.69 bits per heavy atom. The summed E-state index contributed by atoms with van der Waals surface area (Å²) in [5, 5.41) is 9.05. The SMILES string of the molecule is Cc1ccc(Br)c(C2(C#N)CC2)c1. The minimum absolute atomic E-state index is 0.176. The van der Waals surface area contributed by atoms with Crippen LogP contribution in [0.25, 0.3) is 0 Å². The summed E-state index contributed by atoms with van der Waals surface area (Å²) in [6.07, 6.45) is 2.01.